The molecule has 92 valence electrons. The van der Waals surface area contributed by atoms with E-state index < -0.39 is 5.41 Å². The van der Waals surface area contributed by atoms with E-state index in [1.165, 1.54) is 0 Å². The van der Waals surface area contributed by atoms with Crippen LogP contribution in [0.2, 0.25) is 0 Å². The van der Waals surface area contributed by atoms with Gasteiger partial charge in [-0.25, -0.2) is 0 Å². The maximum atomic E-state index is 12.0. The van der Waals surface area contributed by atoms with Crippen molar-refractivity contribution in [3.05, 3.63) is 0 Å². The molecule has 1 rings (SSSR count). The van der Waals surface area contributed by atoms with E-state index in [0.29, 0.717) is 12.5 Å². The number of carbonyl (C=O) groups is 2. The summed E-state index contributed by atoms with van der Waals surface area (Å²) in [6.07, 6.45) is 2.25. The Hall–Kier alpha value is -1.06. The summed E-state index contributed by atoms with van der Waals surface area (Å²) in [5.41, 5.74) is 4.87. The highest BCUT2D eigenvalue weighted by molar-refractivity contribution is 5.91. The van der Waals surface area contributed by atoms with Gasteiger partial charge in [-0.2, -0.15) is 0 Å². The Bertz CT molecular complexity index is 283. The first-order valence-corrected chi connectivity index (χ1v) is 6.01. The number of carbonyl (C=O) groups excluding carboxylic acids is 2. The predicted octanol–water partition coefficient (Wildman–Crippen LogP) is 1.05. The van der Waals surface area contributed by atoms with Crippen LogP contribution in [0.25, 0.3) is 0 Å². The average Bonchev–Trinajstić information content (AvgIpc) is 2.94. The van der Waals surface area contributed by atoms with Crippen molar-refractivity contribution in [2.75, 3.05) is 6.54 Å². The van der Waals surface area contributed by atoms with Gasteiger partial charge in [-0.15, -0.1) is 0 Å². The van der Waals surface area contributed by atoms with Crippen molar-refractivity contribution in [3.63, 3.8) is 0 Å². The van der Waals surface area contributed by atoms with Crippen molar-refractivity contribution < 1.29 is 9.59 Å². The molecular formula is C12H22N2O2. The number of hydrogen-bond donors (Lipinski definition) is 2. The third kappa shape index (κ3) is 2.54. The standard InChI is InChI=1S/C12H22N2O2/c1-4-14-10(15)9(7-8(2)3)12(5-6-12)11(13)16/h8-9H,4-7H2,1-3H3,(H2,13,16)(H,14,15). The largest absolute Gasteiger partial charge is 0.369 e. The minimum Gasteiger partial charge on any atom is -0.369 e. The molecule has 0 aromatic heterocycles. The first-order valence-electron chi connectivity index (χ1n) is 6.01. The van der Waals surface area contributed by atoms with Gasteiger partial charge in [0.1, 0.15) is 0 Å². The van der Waals surface area contributed by atoms with E-state index in [1.807, 2.05) is 6.92 Å². The Morgan fingerprint density at radius 1 is 1.38 bits per heavy atom. The monoisotopic (exact) mass is 226 g/mol. The van der Waals surface area contributed by atoms with Gasteiger partial charge in [0.25, 0.3) is 0 Å². The van der Waals surface area contributed by atoms with Gasteiger partial charge in [-0.3, -0.25) is 9.59 Å². The molecule has 1 unspecified atom stereocenters. The first kappa shape index (κ1) is 13.0. The average molecular weight is 226 g/mol. The Labute approximate surface area is 97.0 Å². The highest BCUT2D eigenvalue weighted by Gasteiger charge is 2.56. The van der Waals surface area contributed by atoms with Crippen molar-refractivity contribution in [2.24, 2.45) is 23.0 Å². The molecule has 0 aromatic carbocycles. The van der Waals surface area contributed by atoms with E-state index in [2.05, 4.69) is 19.2 Å². The highest BCUT2D eigenvalue weighted by atomic mass is 16.2. The fraction of sp³-hybridized carbons (Fsp3) is 0.833. The lowest BCUT2D eigenvalue weighted by molar-refractivity contribution is -0.135. The van der Waals surface area contributed by atoms with Gasteiger partial charge in [0, 0.05) is 6.54 Å². The lowest BCUT2D eigenvalue weighted by Crippen LogP contribution is -2.42. The molecule has 0 heterocycles. The summed E-state index contributed by atoms with van der Waals surface area (Å²) < 4.78 is 0. The summed E-state index contributed by atoms with van der Waals surface area (Å²) in [4.78, 5) is 23.4. The molecule has 1 aliphatic rings. The Kier molecular flexibility index (Phi) is 3.94. The van der Waals surface area contributed by atoms with Crippen LogP contribution in [0.15, 0.2) is 0 Å². The van der Waals surface area contributed by atoms with Gasteiger partial charge in [0.15, 0.2) is 0 Å². The van der Waals surface area contributed by atoms with Crippen molar-refractivity contribution in [2.45, 2.75) is 40.0 Å². The minimum atomic E-state index is -0.552. The van der Waals surface area contributed by atoms with E-state index in [-0.39, 0.29) is 17.7 Å². The third-order valence-electron chi connectivity index (χ3n) is 3.32. The number of amides is 2. The maximum Gasteiger partial charge on any atom is 0.224 e. The van der Waals surface area contributed by atoms with E-state index in [1.54, 1.807) is 0 Å². The molecule has 1 aliphatic carbocycles. The zero-order chi connectivity index (χ0) is 12.3. The number of nitrogens with one attached hydrogen (secondary N) is 1. The number of hydrogen-bond acceptors (Lipinski definition) is 2. The third-order valence-corrected chi connectivity index (χ3v) is 3.32. The van der Waals surface area contributed by atoms with E-state index in [0.717, 1.165) is 19.3 Å². The molecule has 3 N–H and O–H groups in total. The van der Waals surface area contributed by atoms with Crippen LogP contribution in [0.3, 0.4) is 0 Å². The Morgan fingerprint density at radius 2 is 1.94 bits per heavy atom. The topological polar surface area (TPSA) is 72.2 Å². The second-order valence-corrected chi connectivity index (χ2v) is 5.10. The van der Waals surface area contributed by atoms with Crippen LogP contribution < -0.4 is 11.1 Å². The molecule has 0 spiro atoms. The predicted molar refractivity (Wildman–Crippen MR) is 62.5 cm³/mol. The van der Waals surface area contributed by atoms with E-state index in [4.69, 9.17) is 5.73 Å². The first-order chi connectivity index (χ1) is 7.44. The summed E-state index contributed by atoms with van der Waals surface area (Å²) in [6, 6.07) is 0. The van der Waals surface area contributed by atoms with Gasteiger partial charge >= 0.3 is 0 Å². The second-order valence-electron chi connectivity index (χ2n) is 5.10. The molecule has 1 fully saturated rings. The van der Waals surface area contributed by atoms with Gasteiger partial charge in [0.2, 0.25) is 11.8 Å². The number of primary amides is 1. The number of rotatable bonds is 6. The highest BCUT2D eigenvalue weighted by Crippen LogP contribution is 2.53. The molecule has 1 atom stereocenters. The molecule has 1 saturated carbocycles. The number of nitrogens with two attached hydrogens (primary N) is 1. The van der Waals surface area contributed by atoms with Crippen LogP contribution in [-0.4, -0.2) is 18.4 Å². The van der Waals surface area contributed by atoms with Crippen LogP contribution in [0, 0.1) is 17.3 Å². The van der Waals surface area contributed by atoms with Gasteiger partial charge in [-0.05, 0) is 32.1 Å². The van der Waals surface area contributed by atoms with E-state index in [9.17, 15) is 9.59 Å². The second kappa shape index (κ2) is 4.85. The summed E-state index contributed by atoms with van der Waals surface area (Å²) in [7, 11) is 0. The summed E-state index contributed by atoms with van der Waals surface area (Å²) in [5, 5.41) is 2.81. The fourth-order valence-corrected chi connectivity index (χ4v) is 2.25. The van der Waals surface area contributed by atoms with Crippen LogP contribution >= 0.6 is 0 Å². The lowest BCUT2D eigenvalue weighted by Gasteiger charge is -2.24. The van der Waals surface area contributed by atoms with Gasteiger partial charge < -0.3 is 11.1 Å². The lowest BCUT2D eigenvalue weighted by atomic mass is 9.81. The molecule has 0 radical (unpaired) electrons. The molecular weight excluding hydrogens is 204 g/mol. The minimum absolute atomic E-state index is 0.0208. The van der Waals surface area contributed by atoms with Crippen LogP contribution in [0.4, 0.5) is 0 Å². The summed E-state index contributed by atoms with van der Waals surface area (Å²) in [5.74, 6) is -0.189. The summed E-state index contributed by atoms with van der Waals surface area (Å²) in [6.45, 7) is 6.60. The Balaban J connectivity index is 2.79. The van der Waals surface area contributed by atoms with Gasteiger partial charge in [-0.1, -0.05) is 13.8 Å². The van der Waals surface area contributed by atoms with Gasteiger partial charge in [0.05, 0.1) is 11.3 Å². The molecule has 2 amide bonds. The molecule has 0 aliphatic heterocycles. The van der Waals surface area contributed by atoms with Crippen molar-refractivity contribution in [3.8, 4) is 0 Å². The molecule has 4 nitrogen and oxygen atoms in total. The SMILES string of the molecule is CCNC(=O)C(CC(C)C)C1(C(N)=O)CC1. The zero-order valence-electron chi connectivity index (χ0n) is 10.4. The molecule has 0 bridgehead atoms. The van der Waals surface area contributed by atoms with Crippen LogP contribution in [0.5, 0.6) is 0 Å². The molecule has 4 heteroatoms. The zero-order valence-corrected chi connectivity index (χ0v) is 10.4. The summed E-state index contributed by atoms with van der Waals surface area (Å²) >= 11 is 0. The van der Waals surface area contributed by atoms with Crippen LogP contribution in [0.1, 0.15) is 40.0 Å². The van der Waals surface area contributed by atoms with Crippen molar-refractivity contribution in [1.82, 2.24) is 5.32 Å². The normalized spacial score (nSPS) is 19.2. The Morgan fingerprint density at radius 3 is 2.25 bits per heavy atom. The van der Waals surface area contributed by atoms with E-state index >= 15 is 0 Å². The molecule has 16 heavy (non-hydrogen) atoms. The fourth-order valence-electron chi connectivity index (χ4n) is 2.25. The van der Waals surface area contributed by atoms with Crippen molar-refractivity contribution >= 4 is 11.8 Å². The van der Waals surface area contributed by atoms with Crippen LogP contribution in [-0.2, 0) is 9.59 Å². The smallest absolute Gasteiger partial charge is 0.224 e. The maximum absolute atomic E-state index is 12.0. The van der Waals surface area contributed by atoms with Crippen molar-refractivity contribution in [1.29, 1.82) is 0 Å². The quantitative estimate of drug-likeness (QED) is 0.710. The molecule has 0 saturated heterocycles. The molecule has 0 aromatic rings.